The molecule has 0 spiro atoms. The summed E-state index contributed by atoms with van der Waals surface area (Å²) in [5, 5.41) is 0. The van der Waals surface area contributed by atoms with Crippen molar-refractivity contribution in [1.29, 1.82) is 0 Å². The van der Waals surface area contributed by atoms with Crippen LogP contribution in [0.2, 0.25) is 0 Å². The minimum absolute atomic E-state index is 0. The summed E-state index contributed by atoms with van der Waals surface area (Å²) in [5.74, 6) is 0. The van der Waals surface area contributed by atoms with E-state index in [9.17, 15) is 16.8 Å². The number of rotatable bonds is 1. The van der Waals surface area contributed by atoms with Crippen LogP contribution < -0.4 is 0 Å². The summed E-state index contributed by atoms with van der Waals surface area (Å²) in [5.41, 5.74) is 0. The maximum Gasteiger partial charge on any atom is 0 e. The molecule has 0 aliphatic carbocycles. The molecular weight excluding hydrogens is 474 g/mol. The van der Waals surface area contributed by atoms with Crippen LogP contribution in [0.4, 0.5) is 16.8 Å². The molecule has 0 fully saturated rings. The topological polar surface area (TPSA) is 159 Å². The standard InChI is InChI=1S/8CO.F4H2P2.2Fe/c8*1-2;1-5(2)6(3)4;;/h;;;;;;;;5-6H;;/q;;;;;;;;+2;;. The monoisotopic (exact) mass is 476 g/mol. The fourth-order valence-corrected chi connectivity index (χ4v) is 0. The molecule has 0 aromatic heterocycles. The summed E-state index contributed by atoms with van der Waals surface area (Å²) in [7, 11) is -8.37. The average molecular weight is 476 g/mol. The number of halogens is 4. The van der Waals surface area contributed by atoms with E-state index in [1.807, 2.05) is 0 Å². The van der Waals surface area contributed by atoms with Gasteiger partial charge in [-0.25, -0.2) is 0 Å². The van der Waals surface area contributed by atoms with Gasteiger partial charge >= 0.3 is 107 Å². The smallest absolute Gasteiger partial charge is 0 e. The van der Waals surface area contributed by atoms with Crippen molar-refractivity contribution in [3.63, 3.8) is 0 Å². The van der Waals surface area contributed by atoms with Crippen molar-refractivity contribution in [2.75, 3.05) is 0 Å². The second-order valence-corrected chi connectivity index (χ2v) is 3.83. The van der Waals surface area contributed by atoms with Crippen LogP contribution in [-0.2, 0) is 71.4 Å². The Hall–Kier alpha value is -0.461. The summed E-state index contributed by atoms with van der Waals surface area (Å²) >= 11 is 0. The zero-order valence-electron chi connectivity index (χ0n) is 10.5. The van der Waals surface area contributed by atoms with Gasteiger partial charge in [0.25, 0.3) is 0 Å². The molecule has 0 aliphatic rings. The first-order valence-corrected chi connectivity index (χ1v) is 6.15. The van der Waals surface area contributed by atoms with Gasteiger partial charge in [-0.15, -0.1) is 0 Å². The fourth-order valence-electron chi connectivity index (χ4n) is 0. The molecule has 24 heavy (non-hydrogen) atoms. The van der Waals surface area contributed by atoms with Gasteiger partial charge in [-0.2, -0.15) is 0 Å². The number of hydrogen-bond acceptors (Lipinski definition) is 0. The van der Waals surface area contributed by atoms with Crippen molar-refractivity contribution in [1.82, 2.24) is 0 Å². The van der Waals surface area contributed by atoms with Gasteiger partial charge in [0.1, 0.15) is 0 Å². The molecule has 16 heteroatoms. The van der Waals surface area contributed by atoms with Gasteiger partial charge in [-0.1, -0.05) is 0 Å². The third-order valence-corrected chi connectivity index (χ3v) is 1.29. The van der Waals surface area contributed by atoms with Crippen LogP contribution in [0.15, 0.2) is 0 Å². The predicted molar refractivity (Wildman–Crippen MR) is 52.5 cm³/mol. The van der Waals surface area contributed by atoms with Crippen molar-refractivity contribution in [3.05, 3.63) is 53.2 Å². The second-order valence-electron chi connectivity index (χ2n) is 0.521. The van der Waals surface area contributed by atoms with Gasteiger partial charge in [0.05, 0.1) is 0 Å². The second kappa shape index (κ2) is 341. The Kier molecular flexibility index (Phi) is 1080. The van der Waals surface area contributed by atoms with Crippen LogP contribution in [0.5, 0.6) is 0 Å². The molecule has 0 heterocycles. The Labute approximate surface area is 158 Å². The molecule has 134 valence electrons. The molecule has 0 unspecified atom stereocenters. The van der Waals surface area contributed by atoms with Crippen molar-refractivity contribution >= 4 is 16.5 Å². The van der Waals surface area contributed by atoms with Crippen LogP contribution in [0.3, 0.4) is 0 Å². The Balaban J connectivity index is -0.00000000926. The molecule has 0 bridgehead atoms. The van der Waals surface area contributed by atoms with E-state index in [-0.39, 0.29) is 34.1 Å². The normalized spacial score (nSPS) is 3.42. The fraction of sp³-hybridized carbons (Fsp3) is 0. The van der Waals surface area contributed by atoms with E-state index in [0.717, 1.165) is 0 Å². The molecule has 8 nitrogen and oxygen atoms in total. The van der Waals surface area contributed by atoms with Crippen molar-refractivity contribution in [2.45, 2.75) is 0 Å². The van der Waals surface area contributed by atoms with Gasteiger partial charge < -0.3 is 0 Å². The van der Waals surface area contributed by atoms with Crippen LogP contribution in [-0.4, -0.2) is 0 Å². The van der Waals surface area contributed by atoms with E-state index < -0.39 is 16.5 Å². The maximum absolute atomic E-state index is 10.6. The minimum Gasteiger partial charge on any atom is 0 e. The van der Waals surface area contributed by atoms with E-state index in [4.69, 9.17) is 37.2 Å². The summed E-state index contributed by atoms with van der Waals surface area (Å²) in [6.45, 7) is 36.0. The summed E-state index contributed by atoms with van der Waals surface area (Å²) < 4.78 is 102. The van der Waals surface area contributed by atoms with Gasteiger partial charge in [-0.05, 0) is 0 Å². The minimum atomic E-state index is -4.18. The predicted octanol–water partition coefficient (Wildman–Crippen LogP) is 2.56. The summed E-state index contributed by atoms with van der Waals surface area (Å²) in [4.78, 5) is 0. The average Bonchev–Trinajstić information content (AvgIpc) is 2.68. The third-order valence-electron chi connectivity index (χ3n) is 0.143. The van der Waals surface area contributed by atoms with Gasteiger partial charge in [0.2, 0.25) is 0 Å². The zero-order valence-corrected chi connectivity index (χ0v) is 14.7. The molecule has 0 N–H and O–H groups in total. The Morgan fingerprint density at radius 2 is 0.375 bits per heavy atom. The summed E-state index contributed by atoms with van der Waals surface area (Å²) in [6, 6.07) is 0. The van der Waals surface area contributed by atoms with Gasteiger partial charge in [0, 0.05) is 50.9 Å². The molecule has 0 aromatic rings. The van der Waals surface area contributed by atoms with Crippen LogP contribution in [0, 0.1) is 53.2 Å². The Bertz CT molecular complexity index is 224. The molecule has 0 rings (SSSR count). The van der Waals surface area contributed by atoms with E-state index in [1.54, 1.807) is 0 Å². The molecule has 0 radical (unpaired) electrons. The van der Waals surface area contributed by atoms with Crippen molar-refractivity contribution in [2.24, 2.45) is 0 Å². The molecule has 0 aromatic carbocycles. The Morgan fingerprint density at radius 1 is 0.333 bits per heavy atom. The first-order chi connectivity index (χ1) is 10.6. The SMILES string of the molecule is F[PH+](F)[PH+](F)F.[C-]#[O+].[C-]#[O+].[C-]#[O+].[C-]#[O+].[C-]#[O+].[C-]#[O+].[C-]#[O+].[C-]#[O+].[Fe].[Fe]. The van der Waals surface area contributed by atoms with Gasteiger partial charge in [-0.3, -0.25) is 0 Å². The quantitative estimate of drug-likeness (QED) is 0.179. The van der Waals surface area contributed by atoms with E-state index in [0.29, 0.717) is 0 Å². The van der Waals surface area contributed by atoms with Crippen LogP contribution >= 0.6 is 16.5 Å². The molecule has 0 atom stereocenters. The molecule has 0 saturated carbocycles. The summed E-state index contributed by atoms with van der Waals surface area (Å²) in [6.07, 6.45) is 0. The first kappa shape index (κ1) is 76.1. The van der Waals surface area contributed by atoms with E-state index in [1.165, 1.54) is 0 Å². The molecule has 0 amide bonds. The van der Waals surface area contributed by atoms with Crippen LogP contribution in [0.1, 0.15) is 0 Å². The number of hydrogen-bond donors (Lipinski definition) is 0. The van der Waals surface area contributed by atoms with Gasteiger partial charge in [0.15, 0.2) is 0 Å². The first-order valence-electron chi connectivity index (χ1n) is 2.64. The maximum atomic E-state index is 10.6. The molecule has 0 saturated heterocycles. The van der Waals surface area contributed by atoms with Crippen LogP contribution in [0.25, 0.3) is 0 Å². The largest absolute Gasteiger partial charge is 0 e. The van der Waals surface area contributed by atoms with E-state index >= 15 is 0 Å². The van der Waals surface area contributed by atoms with Crippen molar-refractivity contribution in [3.8, 4) is 0 Å². The third kappa shape index (κ3) is 725. The zero-order chi connectivity index (χ0) is 21.2. The molecular formula is C8H2F4Fe2O8P2+2. The van der Waals surface area contributed by atoms with E-state index in [2.05, 4.69) is 53.2 Å². The van der Waals surface area contributed by atoms with Crippen molar-refractivity contribution < 1.29 is 88.1 Å². The Morgan fingerprint density at radius 3 is 0.375 bits per heavy atom. The molecule has 0 aliphatic heterocycles.